The lowest BCUT2D eigenvalue weighted by molar-refractivity contribution is -0.149. The van der Waals surface area contributed by atoms with Crippen molar-refractivity contribution in [1.29, 1.82) is 0 Å². The largest absolute Gasteiger partial charge is 0.477 e. The quantitative estimate of drug-likeness (QED) is 0.454. The molecular weight excluding hydrogens is 585 g/mol. The van der Waals surface area contributed by atoms with E-state index in [1.165, 1.54) is 30.5 Å². The molecule has 4 rings (SSSR count). The molecule has 2 aliphatic rings. The third-order valence-corrected chi connectivity index (χ3v) is 8.75. The number of amides is 2. The summed E-state index contributed by atoms with van der Waals surface area (Å²) in [6.07, 6.45) is 0.745. The van der Waals surface area contributed by atoms with Gasteiger partial charge in [0, 0.05) is 35.6 Å². The van der Waals surface area contributed by atoms with Crippen LogP contribution >= 0.6 is 11.6 Å². The molecule has 224 valence electrons. The first kappa shape index (κ1) is 30.9. The van der Waals surface area contributed by atoms with Gasteiger partial charge < -0.3 is 20.3 Å². The first-order valence-electron chi connectivity index (χ1n) is 13.1. The Balaban J connectivity index is 1.39. The Labute approximate surface area is 241 Å². The number of nitrogens with zero attached hydrogens (tertiary/aromatic N) is 2. The summed E-state index contributed by atoms with van der Waals surface area (Å²) in [7, 11) is -3.66. The predicted molar refractivity (Wildman–Crippen MR) is 147 cm³/mol. The highest BCUT2D eigenvalue weighted by atomic mass is 35.5. The van der Waals surface area contributed by atoms with Gasteiger partial charge in [0.05, 0.1) is 5.56 Å². The summed E-state index contributed by atoms with van der Waals surface area (Å²) in [5.74, 6) is -0.609. The molecule has 0 aliphatic carbocycles. The molecule has 2 N–H and O–H groups in total. The molecule has 2 bridgehead atoms. The van der Waals surface area contributed by atoms with Crippen molar-refractivity contribution in [3.8, 4) is 5.75 Å². The fourth-order valence-electron chi connectivity index (χ4n) is 5.24. The first-order chi connectivity index (χ1) is 19.0. The minimum atomic E-state index is -4.54. The molecule has 3 heterocycles. The number of ether oxygens (including phenoxy) is 1. The molecule has 2 aliphatic heterocycles. The summed E-state index contributed by atoms with van der Waals surface area (Å²) in [5, 5.41) is 5.20. The smallest absolute Gasteiger partial charge is 0.408 e. The maximum absolute atomic E-state index is 13.2. The summed E-state index contributed by atoms with van der Waals surface area (Å²) in [6, 6.07) is 5.26. The summed E-state index contributed by atoms with van der Waals surface area (Å²) < 4.78 is 68.7. The molecule has 14 heteroatoms. The van der Waals surface area contributed by atoms with Crippen molar-refractivity contribution in [1.82, 2.24) is 15.6 Å². The molecule has 41 heavy (non-hydrogen) atoms. The monoisotopic (exact) mass is 616 g/mol. The van der Waals surface area contributed by atoms with Crippen molar-refractivity contribution in [2.45, 2.75) is 87.3 Å². The average Bonchev–Trinajstić information content (AvgIpc) is 3.13. The number of carbonyl (C=O) groups is 2. The highest BCUT2D eigenvalue weighted by Gasteiger charge is 2.43. The number of sulfone groups is 1. The zero-order chi connectivity index (χ0) is 30.3. The minimum absolute atomic E-state index is 0.0290. The van der Waals surface area contributed by atoms with Crippen LogP contribution in [0.3, 0.4) is 0 Å². The standard InChI is InChI=1S/C27H32ClF3N4O5S/c1-15(27(29,30)31)33-24(36)16-5-10-23(32-14-16)35-19-7-8-20(35)13-18(12-19)34-25(37)26(2,3)40-21-9-6-17(28)11-22(21)41(4,38)39/h5-6,9-11,14-15,18-20H,7-8,12-13H2,1-4H3,(H,33,36)(H,34,37)/t15-,18?,19?,20?/m0/s1. The van der Waals surface area contributed by atoms with E-state index in [1.807, 2.05) is 5.32 Å². The Morgan fingerprint density at radius 3 is 2.29 bits per heavy atom. The fraction of sp³-hybridized carbons (Fsp3) is 0.519. The number of hydrogen-bond acceptors (Lipinski definition) is 7. The lowest BCUT2D eigenvalue weighted by Crippen LogP contribution is -2.55. The van der Waals surface area contributed by atoms with Crippen molar-refractivity contribution in [2.24, 2.45) is 0 Å². The zero-order valence-corrected chi connectivity index (χ0v) is 24.5. The number of alkyl halides is 3. The van der Waals surface area contributed by atoms with Gasteiger partial charge in [-0.15, -0.1) is 0 Å². The maximum atomic E-state index is 13.2. The van der Waals surface area contributed by atoms with Gasteiger partial charge in [0.25, 0.3) is 11.8 Å². The lowest BCUT2D eigenvalue weighted by Gasteiger charge is -2.41. The number of pyridine rings is 1. The number of anilines is 1. The molecular formula is C27H32ClF3N4O5S. The normalized spacial score (nSPS) is 21.8. The predicted octanol–water partition coefficient (Wildman–Crippen LogP) is 4.29. The molecule has 2 saturated heterocycles. The van der Waals surface area contributed by atoms with E-state index in [-0.39, 0.29) is 39.4 Å². The van der Waals surface area contributed by atoms with Crippen LogP contribution in [0.2, 0.25) is 5.02 Å². The Kier molecular flexibility index (Phi) is 8.52. The number of aromatic nitrogens is 1. The van der Waals surface area contributed by atoms with Crippen LogP contribution in [0.4, 0.5) is 19.0 Å². The average molecular weight is 617 g/mol. The van der Waals surface area contributed by atoms with Crippen LogP contribution in [0.25, 0.3) is 0 Å². The number of benzene rings is 1. The summed E-state index contributed by atoms with van der Waals surface area (Å²) in [6.45, 7) is 3.99. The van der Waals surface area contributed by atoms with Crippen LogP contribution in [0.15, 0.2) is 41.4 Å². The number of fused-ring (bicyclic) bond motifs is 2. The van der Waals surface area contributed by atoms with Crippen LogP contribution in [0.5, 0.6) is 5.75 Å². The maximum Gasteiger partial charge on any atom is 0.408 e. The van der Waals surface area contributed by atoms with Crippen LogP contribution in [-0.4, -0.2) is 67.4 Å². The van der Waals surface area contributed by atoms with E-state index in [2.05, 4.69) is 15.2 Å². The number of rotatable bonds is 8. The molecule has 2 amide bonds. The highest BCUT2D eigenvalue weighted by molar-refractivity contribution is 7.90. The summed E-state index contributed by atoms with van der Waals surface area (Å²) in [4.78, 5) is 31.8. The Hall–Kier alpha value is -3.06. The van der Waals surface area contributed by atoms with E-state index in [0.29, 0.717) is 18.7 Å². The van der Waals surface area contributed by atoms with E-state index in [4.69, 9.17) is 16.3 Å². The second-order valence-electron chi connectivity index (χ2n) is 11.1. The van der Waals surface area contributed by atoms with Crippen molar-refractivity contribution >= 4 is 39.1 Å². The molecule has 3 atom stereocenters. The molecule has 2 fully saturated rings. The Morgan fingerprint density at radius 1 is 1.12 bits per heavy atom. The molecule has 0 radical (unpaired) electrons. The van der Waals surface area contributed by atoms with Crippen LogP contribution in [0.1, 0.15) is 56.8 Å². The number of piperidine rings is 1. The van der Waals surface area contributed by atoms with Crippen LogP contribution in [-0.2, 0) is 14.6 Å². The van der Waals surface area contributed by atoms with E-state index < -0.39 is 39.5 Å². The molecule has 2 unspecified atom stereocenters. The Bertz CT molecular complexity index is 1410. The molecule has 2 aromatic rings. The van der Waals surface area contributed by atoms with Crippen molar-refractivity contribution in [2.75, 3.05) is 11.2 Å². The second-order valence-corrected chi connectivity index (χ2v) is 13.5. The Morgan fingerprint density at radius 2 is 1.76 bits per heavy atom. The molecule has 9 nitrogen and oxygen atoms in total. The van der Waals surface area contributed by atoms with Gasteiger partial charge in [0.15, 0.2) is 15.4 Å². The SMILES string of the molecule is C[C@H](NC(=O)c1ccc(N2C3CCC2CC(NC(=O)C(C)(C)Oc2ccc(Cl)cc2S(C)(=O)=O)C3)nc1)C(F)(F)F. The van der Waals surface area contributed by atoms with Gasteiger partial charge >= 0.3 is 6.18 Å². The third-order valence-electron chi connectivity index (χ3n) is 7.40. The second kappa shape index (κ2) is 11.3. The van der Waals surface area contributed by atoms with Crippen molar-refractivity contribution in [3.05, 3.63) is 47.1 Å². The van der Waals surface area contributed by atoms with Crippen LogP contribution in [0, 0.1) is 0 Å². The molecule has 1 aromatic heterocycles. The topological polar surface area (TPSA) is 118 Å². The molecule has 1 aromatic carbocycles. The summed E-state index contributed by atoms with van der Waals surface area (Å²) in [5.41, 5.74) is -1.35. The zero-order valence-electron chi connectivity index (χ0n) is 23.0. The number of nitrogens with one attached hydrogen (secondary N) is 2. The van der Waals surface area contributed by atoms with Gasteiger partial charge in [-0.05, 0) is 76.8 Å². The third kappa shape index (κ3) is 7.06. The highest BCUT2D eigenvalue weighted by Crippen LogP contribution is 2.39. The van der Waals surface area contributed by atoms with Gasteiger partial charge in [-0.25, -0.2) is 13.4 Å². The van der Waals surface area contributed by atoms with Crippen molar-refractivity contribution in [3.63, 3.8) is 0 Å². The minimum Gasteiger partial charge on any atom is -0.477 e. The van der Waals surface area contributed by atoms with E-state index in [0.717, 1.165) is 26.0 Å². The fourth-order valence-corrected chi connectivity index (χ4v) is 6.29. The van der Waals surface area contributed by atoms with E-state index in [9.17, 15) is 31.2 Å². The van der Waals surface area contributed by atoms with Crippen LogP contribution < -0.4 is 20.3 Å². The number of carbonyl (C=O) groups excluding carboxylic acids is 2. The number of halogens is 4. The van der Waals surface area contributed by atoms with E-state index in [1.54, 1.807) is 19.9 Å². The summed E-state index contributed by atoms with van der Waals surface area (Å²) >= 11 is 5.97. The van der Waals surface area contributed by atoms with Crippen molar-refractivity contribution < 1.29 is 35.9 Å². The van der Waals surface area contributed by atoms with Gasteiger partial charge in [-0.2, -0.15) is 13.2 Å². The van der Waals surface area contributed by atoms with Gasteiger partial charge in [-0.1, -0.05) is 11.6 Å². The molecule has 0 saturated carbocycles. The molecule has 0 spiro atoms. The first-order valence-corrected chi connectivity index (χ1v) is 15.3. The van der Waals surface area contributed by atoms with Gasteiger partial charge in [-0.3, -0.25) is 9.59 Å². The lowest BCUT2D eigenvalue weighted by atomic mass is 9.96. The van der Waals surface area contributed by atoms with E-state index >= 15 is 0 Å². The number of hydrogen-bond donors (Lipinski definition) is 2. The van der Waals surface area contributed by atoms with Gasteiger partial charge in [0.2, 0.25) is 0 Å². The van der Waals surface area contributed by atoms with Gasteiger partial charge in [0.1, 0.15) is 22.5 Å².